The average molecular weight is 271 g/mol. The second-order valence-electron chi connectivity index (χ2n) is 5.42. The van der Waals surface area contributed by atoms with Gasteiger partial charge < -0.3 is 5.32 Å². The maximum absolute atomic E-state index is 13.0. The topological polar surface area (TPSA) is 29.1 Å². The molecule has 0 unspecified atom stereocenters. The number of carbonyl (C=O) groups excluding carboxylic acids is 1. The second kappa shape index (κ2) is 4.54. The first-order valence-corrected chi connectivity index (χ1v) is 6.20. The largest absolute Gasteiger partial charge is 0.416 e. The van der Waals surface area contributed by atoms with E-state index in [1.807, 2.05) is 0 Å². The Labute approximate surface area is 110 Å². The predicted octanol–water partition coefficient (Wildman–Crippen LogP) is 3.26. The number of hydrogen-bond acceptors (Lipinski definition) is 1. The highest BCUT2D eigenvalue weighted by Crippen LogP contribution is 2.38. The Bertz CT molecular complexity index is 490. The summed E-state index contributed by atoms with van der Waals surface area (Å²) in [6.45, 7) is 3.05. The Morgan fingerprint density at radius 1 is 1.16 bits per heavy atom. The smallest absolute Gasteiger partial charge is 0.353 e. The monoisotopic (exact) mass is 271 g/mol. The molecule has 1 aliphatic rings. The molecule has 1 aliphatic carbocycles. The summed E-state index contributed by atoms with van der Waals surface area (Å²) in [5.74, 6) is -0.355. The number of rotatable bonds is 3. The normalized spacial score (nSPS) is 16.3. The zero-order valence-electron chi connectivity index (χ0n) is 10.8. The van der Waals surface area contributed by atoms with Crippen LogP contribution in [0.3, 0.4) is 0 Å². The highest BCUT2D eigenvalue weighted by Gasteiger charge is 2.41. The predicted molar refractivity (Wildman–Crippen MR) is 65.6 cm³/mol. The lowest BCUT2D eigenvalue weighted by Crippen LogP contribution is -2.42. The van der Waals surface area contributed by atoms with E-state index in [-0.39, 0.29) is 17.5 Å². The molecule has 1 aromatic carbocycles. The van der Waals surface area contributed by atoms with Crippen molar-refractivity contribution in [2.45, 2.75) is 44.3 Å². The lowest BCUT2D eigenvalue weighted by Gasteiger charge is -2.27. The fourth-order valence-electron chi connectivity index (χ4n) is 1.99. The van der Waals surface area contributed by atoms with Gasteiger partial charge in [0.1, 0.15) is 0 Å². The first-order chi connectivity index (χ1) is 8.73. The summed E-state index contributed by atoms with van der Waals surface area (Å²) in [5, 5.41) is 2.76. The van der Waals surface area contributed by atoms with Crippen LogP contribution in [0, 0.1) is 0 Å². The summed E-state index contributed by atoms with van der Waals surface area (Å²) < 4.78 is 39.0. The highest BCUT2D eigenvalue weighted by atomic mass is 19.4. The summed E-state index contributed by atoms with van der Waals surface area (Å²) >= 11 is 0. The van der Waals surface area contributed by atoms with Crippen LogP contribution in [0.5, 0.6) is 0 Å². The van der Waals surface area contributed by atoms with E-state index in [0.29, 0.717) is 0 Å². The van der Waals surface area contributed by atoms with Crippen molar-refractivity contribution in [2.75, 3.05) is 0 Å². The van der Waals surface area contributed by atoms with Crippen LogP contribution in [0.2, 0.25) is 0 Å². The van der Waals surface area contributed by atoms with Crippen molar-refractivity contribution in [3.8, 4) is 0 Å². The van der Waals surface area contributed by atoms with E-state index in [1.54, 1.807) is 0 Å². The van der Waals surface area contributed by atoms with Crippen LogP contribution < -0.4 is 5.32 Å². The van der Waals surface area contributed by atoms with Gasteiger partial charge in [0.25, 0.3) is 0 Å². The van der Waals surface area contributed by atoms with Crippen molar-refractivity contribution in [2.24, 2.45) is 0 Å². The third-order valence-electron chi connectivity index (χ3n) is 3.39. The molecule has 0 aliphatic heterocycles. The van der Waals surface area contributed by atoms with E-state index in [0.717, 1.165) is 18.9 Å². The number of benzene rings is 1. The third-order valence-corrected chi connectivity index (χ3v) is 3.39. The molecular weight excluding hydrogens is 255 g/mol. The summed E-state index contributed by atoms with van der Waals surface area (Å²) in [7, 11) is 0. The summed E-state index contributed by atoms with van der Waals surface area (Å²) in [4.78, 5) is 12.1. The average Bonchev–Trinajstić information content (AvgIpc) is 3.11. The van der Waals surface area contributed by atoms with Crippen LogP contribution in [-0.2, 0) is 16.4 Å². The Balaban J connectivity index is 2.36. The van der Waals surface area contributed by atoms with E-state index in [4.69, 9.17) is 0 Å². The number of hydrogen-bond donors (Lipinski definition) is 1. The van der Waals surface area contributed by atoms with Crippen LogP contribution in [0.15, 0.2) is 24.3 Å². The molecule has 1 fully saturated rings. The zero-order chi connectivity index (χ0) is 14.3. The molecule has 104 valence electrons. The van der Waals surface area contributed by atoms with Crippen LogP contribution in [0.1, 0.15) is 37.8 Å². The zero-order valence-corrected chi connectivity index (χ0v) is 10.8. The van der Waals surface area contributed by atoms with Gasteiger partial charge in [-0.25, -0.2) is 0 Å². The Hall–Kier alpha value is -1.52. The van der Waals surface area contributed by atoms with Gasteiger partial charge in [-0.05, 0) is 38.3 Å². The van der Waals surface area contributed by atoms with E-state index in [1.165, 1.54) is 32.0 Å². The Kier molecular flexibility index (Phi) is 3.32. The maximum Gasteiger partial charge on any atom is 0.416 e. The molecule has 1 saturated carbocycles. The molecule has 1 aromatic rings. The molecule has 2 nitrogen and oxygen atoms in total. The molecule has 19 heavy (non-hydrogen) atoms. The van der Waals surface area contributed by atoms with Gasteiger partial charge in [-0.1, -0.05) is 18.2 Å². The van der Waals surface area contributed by atoms with Crippen molar-refractivity contribution in [1.82, 2.24) is 5.32 Å². The van der Waals surface area contributed by atoms with E-state index < -0.39 is 17.2 Å². The molecular formula is C14H16F3NO. The van der Waals surface area contributed by atoms with Crippen molar-refractivity contribution in [3.63, 3.8) is 0 Å². The number of halogens is 3. The molecule has 1 amide bonds. The van der Waals surface area contributed by atoms with Gasteiger partial charge >= 0.3 is 6.18 Å². The molecule has 0 heterocycles. The number of nitrogens with one attached hydrogen (secondary N) is 1. The summed E-state index contributed by atoms with van der Waals surface area (Å²) in [6.07, 6.45) is -2.64. The van der Waals surface area contributed by atoms with Gasteiger partial charge in [0, 0.05) is 6.04 Å². The van der Waals surface area contributed by atoms with Crippen molar-refractivity contribution in [1.29, 1.82) is 0 Å². The number of carbonyl (C=O) groups is 1. The van der Waals surface area contributed by atoms with Gasteiger partial charge in [0.05, 0.1) is 11.0 Å². The molecule has 2 rings (SSSR count). The van der Waals surface area contributed by atoms with E-state index in [2.05, 4.69) is 5.32 Å². The Morgan fingerprint density at radius 2 is 1.68 bits per heavy atom. The maximum atomic E-state index is 13.0. The molecule has 0 spiro atoms. The number of alkyl halides is 3. The first kappa shape index (κ1) is 13.9. The molecule has 1 N–H and O–H groups in total. The molecule has 0 saturated heterocycles. The van der Waals surface area contributed by atoms with Crippen LogP contribution >= 0.6 is 0 Å². The molecule has 0 aromatic heterocycles. The van der Waals surface area contributed by atoms with Gasteiger partial charge in [-0.15, -0.1) is 0 Å². The minimum Gasteiger partial charge on any atom is -0.353 e. The van der Waals surface area contributed by atoms with Crippen molar-refractivity contribution < 1.29 is 18.0 Å². The van der Waals surface area contributed by atoms with Crippen molar-refractivity contribution in [3.05, 3.63) is 35.4 Å². The standard InChI is InChI=1S/C14H16F3NO/c1-13(2,12(19)18-9-7-8-9)10-5-3-4-6-11(10)14(15,16)17/h3-6,9H,7-8H2,1-2H3,(H,18,19). The summed E-state index contributed by atoms with van der Waals surface area (Å²) in [6, 6.07) is 5.37. The van der Waals surface area contributed by atoms with E-state index in [9.17, 15) is 18.0 Å². The van der Waals surface area contributed by atoms with Crippen molar-refractivity contribution >= 4 is 5.91 Å². The molecule has 5 heteroatoms. The fraction of sp³-hybridized carbons (Fsp3) is 0.500. The van der Waals surface area contributed by atoms with Crippen LogP contribution in [-0.4, -0.2) is 11.9 Å². The highest BCUT2D eigenvalue weighted by molar-refractivity contribution is 5.88. The quantitative estimate of drug-likeness (QED) is 0.898. The molecule has 0 radical (unpaired) electrons. The minimum atomic E-state index is -4.45. The summed E-state index contributed by atoms with van der Waals surface area (Å²) in [5.41, 5.74) is -1.93. The lowest BCUT2D eigenvalue weighted by atomic mass is 9.80. The second-order valence-corrected chi connectivity index (χ2v) is 5.42. The fourth-order valence-corrected chi connectivity index (χ4v) is 1.99. The first-order valence-electron chi connectivity index (χ1n) is 6.20. The van der Waals surface area contributed by atoms with Crippen LogP contribution in [0.25, 0.3) is 0 Å². The number of amides is 1. The van der Waals surface area contributed by atoms with E-state index >= 15 is 0 Å². The SMILES string of the molecule is CC(C)(C(=O)NC1CC1)c1ccccc1C(F)(F)F. The third kappa shape index (κ3) is 2.91. The molecule has 0 atom stereocenters. The van der Waals surface area contributed by atoms with Gasteiger partial charge in [-0.2, -0.15) is 13.2 Å². The minimum absolute atomic E-state index is 0.0145. The Morgan fingerprint density at radius 3 is 2.16 bits per heavy atom. The van der Waals surface area contributed by atoms with Crippen LogP contribution in [0.4, 0.5) is 13.2 Å². The molecule has 0 bridgehead atoms. The lowest BCUT2D eigenvalue weighted by molar-refractivity contribution is -0.139. The van der Waals surface area contributed by atoms with Gasteiger partial charge in [-0.3, -0.25) is 4.79 Å². The van der Waals surface area contributed by atoms with Gasteiger partial charge in [0.2, 0.25) is 5.91 Å². The van der Waals surface area contributed by atoms with Gasteiger partial charge in [0.15, 0.2) is 0 Å².